The summed E-state index contributed by atoms with van der Waals surface area (Å²) in [5.74, 6) is 3.47. The number of hydrogen-bond acceptors (Lipinski definition) is 12. The molecule has 0 bridgehead atoms. The normalized spacial score (nSPS) is 18.6. The fourth-order valence-corrected chi connectivity index (χ4v) is 5.27. The number of nitrogens with two attached hydrogens (primary N) is 1. The van der Waals surface area contributed by atoms with E-state index < -0.39 is 0 Å². The Hall–Kier alpha value is -3.97. The first-order chi connectivity index (χ1) is 19.2. The number of nitrogens with zero attached hydrogens (tertiary/aromatic N) is 9. The second-order valence-electron chi connectivity index (χ2n) is 9.94. The Morgan fingerprint density at radius 3 is 2.69 bits per heavy atom. The lowest BCUT2D eigenvalue weighted by Crippen LogP contribution is -2.49. The lowest BCUT2D eigenvalue weighted by atomic mass is 9.97. The molecule has 2 N–H and O–H groups in total. The van der Waals surface area contributed by atoms with Crippen molar-refractivity contribution in [3.63, 3.8) is 0 Å². The number of rotatable bonds is 9. The van der Waals surface area contributed by atoms with Crippen LogP contribution in [-0.2, 0) is 4.74 Å². The van der Waals surface area contributed by atoms with Gasteiger partial charge in [-0.2, -0.15) is 19.5 Å². The number of furan rings is 1. The minimum Gasteiger partial charge on any atom is -0.475 e. The summed E-state index contributed by atoms with van der Waals surface area (Å²) in [5, 5.41) is 4.40. The zero-order valence-corrected chi connectivity index (χ0v) is 22.1. The molecule has 6 heterocycles. The third-order valence-electron chi connectivity index (χ3n) is 7.28. The summed E-state index contributed by atoms with van der Waals surface area (Å²) in [4.78, 5) is 25.4. The van der Waals surface area contributed by atoms with Crippen LogP contribution >= 0.6 is 0 Å². The molecular formula is C26H34N10O3. The van der Waals surface area contributed by atoms with Crippen LogP contribution in [0, 0.1) is 5.92 Å². The molecule has 1 atom stereocenters. The maximum atomic E-state index is 6.23. The highest BCUT2D eigenvalue weighted by Crippen LogP contribution is 2.25. The van der Waals surface area contributed by atoms with Crippen LogP contribution in [0.1, 0.15) is 12.8 Å². The summed E-state index contributed by atoms with van der Waals surface area (Å²) in [6.45, 7) is 7.89. The second kappa shape index (κ2) is 11.4. The summed E-state index contributed by atoms with van der Waals surface area (Å²) in [7, 11) is 1.66. The van der Waals surface area contributed by atoms with Gasteiger partial charge in [0, 0.05) is 59.0 Å². The zero-order chi connectivity index (χ0) is 26.6. The number of piperidine rings is 1. The molecule has 2 saturated heterocycles. The molecule has 0 aromatic carbocycles. The molecular weight excluding hydrogens is 500 g/mol. The van der Waals surface area contributed by atoms with Gasteiger partial charge in [-0.25, -0.2) is 4.98 Å². The number of anilines is 3. The van der Waals surface area contributed by atoms with Gasteiger partial charge in [0.15, 0.2) is 5.76 Å². The van der Waals surface area contributed by atoms with Gasteiger partial charge in [-0.1, -0.05) is 0 Å². The SMILES string of the molecule is COCCOc1ccc(N2CCN(CC3CCCN(c4nc(N)n5nc(-c6ccco6)nc5n4)C3)CC2)cn1. The first-order valence-corrected chi connectivity index (χ1v) is 13.4. The van der Waals surface area contributed by atoms with E-state index in [1.165, 1.54) is 10.9 Å². The Bertz CT molecular complexity index is 1350. The van der Waals surface area contributed by atoms with Crippen molar-refractivity contribution >= 4 is 23.4 Å². The first-order valence-electron chi connectivity index (χ1n) is 13.4. The number of ether oxygens (including phenoxy) is 2. The van der Waals surface area contributed by atoms with Gasteiger partial charge in [0.25, 0.3) is 5.78 Å². The van der Waals surface area contributed by atoms with Crippen LogP contribution in [0.25, 0.3) is 17.4 Å². The van der Waals surface area contributed by atoms with E-state index >= 15 is 0 Å². The topological polar surface area (TPSA) is 136 Å². The number of hydrogen-bond donors (Lipinski definition) is 1. The maximum absolute atomic E-state index is 6.23. The quantitative estimate of drug-likeness (QED) is 0.314. The molecule has 2 aliphatic rings. The van der Waals surface area contributed by atoms with Crippen LogP contribution in [0.2, 0.25) is 0 Å². The van der Waals surface area contributed by atoms with Gasteiger partial charge in [0.1, 0.15) is 6.61 Å². The minimum absolute atomic E-state index is 0.266. The number of pyridine rings is 1. The first kappa shape index (κ1) is 25.3. The van der Waals surface area contributed by atoms with Gasteiger partial charge in [-0.3, -0.25) is 4.90 Å². The molecule has 2 fully saturated rings. The third kappa shape index (κ3) is 5.73. The highest BCUT2D eigenvalue weighted by atomic mass is 16.5. The summed E-state index contributed by atoms with van der Waals surface area (Å²) in [5.41, 5.74) is 7.36. The molecule has 4 aromatic heterocycles. The van der Waals surface area contributed by atoms with Crippen molar-refractivity contribution in [3.8, 4) is 17.5 Å². The minimum atomic E-state index is 0.266. The zero-order valence-electron chi connectivity index (χ0n) is 22.1. The molecule has 39 heavy (non-hydrogen) atoms. The fourth-order valence-electron chi connectivity index (χ4n) is 5.27. The van der Waals surface area contributed by atoms with Gasteiger partial charge in [0.05, 0.1) is 24.8 Å². The van der Waals surface area contributed by atoms with Crippen LogP contribution < -0.4 is 20.3 Å². The number of piperazine rings is 1. The number of nitrogen functional groups attached to an aromatic ring is 1. The second-order valence-corrected chi connectivity index (χ2v) is 9.94. The summed E-state index contributed by atoms with van der Waals surface area (Å²) < 4.78 is 17.5. The van der Waals surface area contributed by atoms with E-state index in [9.17, 15) is 0 Å². The van der Waals surface area contributed by atoms with Crippen LogP contribution in [0.3, 0.4) is 0 Å². The van der Waals surface area contributed by atoms with Gasteiger partial charge in [-0.15, -0.1) is 5.10 Å². The smallest absolute Gasteiger partial charge is 0.259 e. The van der Waals surface area contributed by atoms with E-state index in [0.717, 1.165) is 57.9 Å². The average molecular weight is 535 g/mol. The Kier molecular flexibility index (Phi) is 7.41. The molecule has 6 rings (SSSR count). The van der Waals surface area contributed by atoms with Gasteiger partial charge >= 0.3 is 0 Å². The molecule has 1 unspecified atom stereocenters. The maximum Gasteiger partial charge on any atom is 0.259 e. The Balaban J connectivity index is 1.03. The molecule has 2 aliphatic heterocycles. The van der Waals surface area contributed by atoms with E-state index in [1.807, 2.05) is 18.3 Å². The van der Waals surface area contributed by atoms with Crippen molar-refractivity contribution in [3.05, 3.63) is 36.7 Å². The standard InChI is InChI=1S/C26H34N10O3/c1-37-14-15-39-22-7-6-20(16-28-22)34-11-9-33(10-12-34)17-19-4-2-8-35(18-19)25-30-24(27)36-26(31-25)29-23(32-36)21-5-3-13-38-21/h3,5-7,13,16,19H,2,4,8-12,14-15,17-18H2,1H3,(H2,27,29,30,31,32). The highest BCUT2D eigenvalue weighted by Gasteiger charge is 2.27. The van der Waals surface area contributed by atoms with Crippen molar-refractivity contribution in [2.45, 2.75) is 12.8 Å². The Labute approximate surface area is 226 Å². The highest BCUT2D eigenvalue weighted by molar-refractivity contribution is 5.53. The van der Waals surface area contributed by atoms with E-state index in [0.29, 0.717) is 48.3 Å². The molecule has 4 aromatic rings. The summed E-state index contributed by atoms with van der Waals surface area (Å²) >= 11 is 0. The van der Waals surface area contributed by atoms with Crippen molar-refractivity contribution in [2.24, 2.45) is 5.92 Å². The van der Waals surface area contributed by atoms with Crippen LogP contribution in [0.4, 0.5) is 17.6 Å². The molecule has 0 spiro atoms. The lowest BCUT2D eigenvalue weighted by molar-refractivity contribution is 0.144. The third-order valence-corrected chi connectivity index (χ3v) is 7.28. The average Bonchev–Trinajstić information content (AvgIpc) is 3.65. The monoisotopic (exact) mass is 534 g/mol. The molecule has 0 radical (unpaired) electrons. The van der Waals surface area contributed by atoms with Crippen LogP contribution in [0.15, 0.2) is 41.1 Å². The van der Waals surface area contributed by atoms with E-state index in [1.54, 1.807) is 19.4 Å². The van der Waals surface area contributed by atoms with E-state index in [-0.39, 0.29) is 5.95 Å². The lowest BCUT2D eigenvalue weighted by Gasteiger charge is -2.40. The Morgan fingerprint density at radius 2 is 1.92 bits per heavy atom. The summed E-state index contributed by atoms with van der Waals surface area (Å²) in [6.07, 6.45) is 5.77. The van der Waals surface area contributed by atoms with Crippen molar-refractivity contribution in [2.75, 3.05) is 81.7 Å². The molecule has 0 amide bonds. The molecule has 0 saturated carbocycles. The predicted molar refractivity (Wildman–Crippen MR) is 146 cm³/mol. The van der Waals surface area contributed by atoms with Crippen molar-refractivity contribution in [1.82, 2.24) is 34.4 Å². The van der Waals surface area contributed by atoms with Gasteiger partial charge in [-0.05, 0) is 37.0 Å². The number of fused-ring (bicyclic) bond motifs is 1. The number of methoxy groups -OCH3 is 1. The Morgan fingerprint density at radius 1 is 1.03 bits per heavy atom. The van der Waals surface area contributed by atoms with Crippen LogP contribution in [0.5, 0.6) is 5.88 Å². The largest absolute Gasteiger partial charge is 0.475 e. The predicted octanol–water partition coefficient (Wildman–Crippen LogP) is 1.82. The molecule has 0 aliphatic carbocycles. The fraction of sp³-hybridized carbons (Fsp3) is 0.500. The van der Waals surface area contributed by atoms with E-state index in [4.69, 9.17) is 19.6 Å². The van der Waals surface area contributed by atoms with Crippen molar-refractivity contribution < 1.29 is 13.9 Å². The van der Waals surface area contributed by atoms with E-state index in [2.05, 4.69) is 45.8 Å². The van der Waals surface area contributed by atoms with Crippen molar-refractivity contribution in [1.29, 1.82) is 0 Å². The molecule has 13 heteroatoms. The summed E-state index contributed by atoms with van der Waals surface area (Å²) in [6, 6.07) is 7.61. The molecule has 206 valence electrons. The van der Waals surface area contributed by atoms with Gasteiger partial charge < -0.3 is 29.4 Å². The van der Waals surface area contributed by atoms with Gasteiger partial charge in [0.2, 0.25) is 23.6 Å². The molecule has 13 nitrogen and oxygen atoms in total. The number of aromatic nitrogens is 6. The van der Waals surface area contributed by atoms with Crippen LogP contribution in [-0.4, -0.2) is 101 Å².